The van der Waals surface area contributed by atoms with E-state index in [1.165, 1.54) is 12.1 Å². The Hall–Kier alpha value is -1.63. The molecule has 1 saturated heterocycles. The molecule has 1 unspecified atom stereocenters. The third kappa shape index (κ3) is 2.30. The molecule has 1 aliphatic heterocycles. The average Bonchev–Trinajstić information content (AvgIpc) is 2.61. The van der Waals surface area contributed by atoms with Crippen molar-refractivity contribution in [2.75, 3.05) is 7.11 Å². The number of hydrogen-bond acceptors (Lipinski definition) is 5. The fourth-order valence-corrected chi connectivity index (χ4v) is 2.10. The Morgan fingerprint density at radius 3 is 2.63 bits per heavy atom. The predicted octanol–water partition coefficient (Wildman–Crippen LogP) is 0.172. The van der Waals surface area contributed by atoms with E-state index >= 15 is 0 Å². The van der Waals surface area contributed by atoms with Crippen LogP contribution in [0, 0.1) is 0 Å². The summed E-state index contributed by atoms with van der Waals surface area (Å²) in [5.41, 5.74) is 3.40. The van der Waals surface area contributed by atoms with Gasteiger partial charge in [-0.3, -0.25) is 9.80 Å². The lowest BCUT2D eigenvalue weighted by Crippen LogP contribution is -2.44. The van der Waals surface area contributed by atoms with Gasteiger partial charge in [0.2, 0.25) is 0 Å². The van der Waals surface area contributed by atoms with Crippen molar-refractivity contribution in [3.05, 3.63) is 29.8 Å². The van der Waals surface area contributed by atoms with Crippen molar-refractivity contribution >= 4 is 5.91 Å². The van der Waals surface area contributed by atoms with Crippen LogP contribution < -0.4 is 10.2 Å². The fourth-order valence-electron chi connectivity index (χ4n) is 2.10. The maximum Gasteiger partial charge on any atom is 0.299 e. The predicted molar refractivity (Wildman–Crippen MR) is 68.0 cm³/mol. The summed E-state index contributed by atoms with van der Waals surface area (Å²) in [7, 11) is 1.53. The molecule has 1 fully saturated rings. The Kier molecular flexibility index (Phi) is 3.49. The number of ether oxygens (including phenoxy) is 1. The summed E-state index contributed by atoms with van der Waals surface area (Å²) < 4.78 is 5.09. The Labute approximate surface area is 111 Å². The fraction of sp³-hybridized carbons (Fsp3) is 0.462. The number of hydrazine groups is 1. The molecule has 6 heteroatoms. The summed E-state index contributed by atoms with van der Waals surface area (Å²) in [6.45, 7) is 3.57. The molecule has 1 amide bonds. The average molecular weight is 266 g/mol. The van der Waals surface area contributed by atoms with Crippen LogP contribution in [0.25, 0.3) is 0 Å². The minimum atomic E-state index is -2.46. The quantitative estimate of drug-likeness (QED) is 0.680. The van der Waals surface area contributed by atoms with Gasteiger partial charge >= 0.3 is 0 Å². The highest BCUT2D eigenvalue weighted by Crippen LogP contribution is 2.33. The molecule has 0 spiro atoms. The van der Waals surface area contributed by atoms with Crippen molar-refractivity contribution < 1.29 is 19.7 Å². The second kappa shape index (κ2) is 4.80. The second-order valence-electron chi connectivity index (χ2n) is 4.83. The highest BCUT2D eigenvalue weighted by molar-refractivity contribution is 5.86. The molecule has 0 aliphatic carbocycles. The Morgan fingerprint density at radius 1 is 1.42 bits per heavy atom. The number of methoxy groups -OCH3 is 1. The Morgan fingerprint density at radius 2 is 2.11 bits per heavy atom. The van der Waals surface area contributed by atoms with Gasteiger partial charge in [0.15, 0.2) is 0 Å². The molecule has 2 rings (SSSR count). The molecule has 1 atom stereocenters. The van der Waals surface area contributed by atoms with Gasteiger partial charge < -0.3 is 14.9 Å². The zero-order chi connectivity index (χ0) is 14.2. The van der Waals surface area contributed by atoms with Crippen molar-refractivity contribution in [1.82, 2.24) is 10.4 Å². The van der Waals surface area contributed by atoms with E-state index in [4.69, 9.17) is 4.74 Å². The molecule has 104 valence electrons. The number of carbonyl (C=O) groups excluding carboxylic acids is 1. The van der Waals surface area contributed by atoms with Crippen molar-refractivity contribution in [3.63, 3.8) is 0 Å². The van der Waals surface area contributed by atoms with Crippen LogP contribution in [0.4, 0.5) is 0 Å². The standard InChI is InChI=1S/C13H18N2O4/c1-8(2)15-12(16)13(17,18)11(14-15)9-5-4-6-10(7-9)19-3/h4-8,11,14,17-18H,1-3H3. The number of amides is 1. The maximum atomic E-state index is 11.9. The summed E-state index contributed by atoms with van der Waals surface area (Å²) >= 11 is 0. The van der Waals surface area contributed by atoms with Gasteiger partial charge in [0.1, 0.15) is 11.8 Å². The highest BCUT2D eigenvalue weighted by atomic mass is 16.5. The van der Waals surface area contributed by atoms with E-state index in [-0.39, 0.29) is 6.04 Å². The normalized spacial score (nSPS) is 22.1. The van der Waals surface area contributed by atoms with Crippen molar-refractivity contribution in [1.29, 1.82) is 0 Å². The van der Waals surface area contributed by atoms with Gasteiger partial charge in [-0.2, -0.15) is 0 Å². The van der Waals surface area contributed by atoms with Gasteiger partial charge in [-0.25, -0.2) is 5.43 Å². The molecule has 0 saturated carbocycles. The van der Waals surface area contributed by atoms with Crippen LogP contribution in [0.3, 0.4) is 0 Å². The zero-order valence-electron chi connectivity index (χ0n) is 11.1. The third-order valence-electron chi connectivity index (χ3n) is 3.15. The molecule has 19 heavy (non-hydrogen) atoms. The highest BCUT2D eigenvalue weighted by Gasteiger charge is 2.53. The molecular formula is C13H18N2O4. The van der Waals surface area contributed by atoms with E-state index in [2.05, 4.69) is 5.43 Å². The molecule has 1 heterocycles. The number of benzene rings is 1. The number of nitrogens with zero attached hydrogens (tertiary/aromatic N) is 1. The van der Waals surface area contributed by atoms with Crippen molar-refractivity contribution in [2.24, 2.45) is 0 Å². The first-order valence-electron chi connectivity index (χ1n) is 6.06. The van der Waals surface area contributed by atoms with E-state index in [9.17, 15) is 15.0 Å². The second-order valence-corrected chi connectivity index (χ2v) is 4.83. The van der Waals surface area contributed by atoms with E-state index < -0.39 is 17.7 Å². The van der Waals surface area contributed by atoms with E-state index in [0.29, 0.717) is 11.3 Å². The number of rotatable bonds is 3. The summed E-state index contributed by atoms with van der Waals surface area (Å²) in [5, 5.41) is 21.3. The van der Waals surface area contributed by atoms with Crippen LogP contribution in [-0.4, -0.2) is 40.1 Å². The lowest BCUT2D eigenvalue weighted by molar-refractivity contribution is -0.187. The van der Waals surface area contributed by atoms with Gasteiger partial charge in [0.25, 0.3) is 11.7 Å². The van der Waals surface area contributed by atoms with Crippen molar-refractivity contribution in [2.45, 2.75) is 31.7 Å². The zero-order valence-corrected chi connectivity index (χ0v) is 11.1. The largest absolute Gasteiger partial charge is 0.497 e. The lowest BCUT2D eigenvalue weighted by atomic mass is 10.00. The van der Waals surface area contributed by atoms with Crippen LogP contribution in [0.15, 0.2) is 24.3 Å². The minimum absolute atomic E-state index is 0.179. The Balaban J connectivity index is 2.36. The number of aliphatic hydroxyl groups is 2. The number of carbonyl (C=O) groups is 1. The molecule has 0 radical (unpaired) electrons. The van der Waals surface area contributed by atoms with Gasteiger partial charge in [-0.15, -0.1) is 0 Å². The van der Waals surface area contributed by atoms with Gasteiger partial charge in [0, 0.05) is 6.04 Å². The summed E-state index contributed by atoms with van der Waals surface area (Å²) in [6, 6.07) is 5.75. The maximum absolute atomic E-state index is 11.9. The van der Waals surface area contributed by atoms with E-state index in [0.717, 1.165) is 0 Å². The Bertz CT molecular complexity index is 487. The van der Waals surface area contributed by atoms with Crippen molar-refractivity contribution in [3.8, 4) is 5.75 Å². The molecule has 1 aliphatic rings. The SMILES string of the molecule is COc1cccc(C2NN(C(C)C)C(=O)C2(O)O)c1. The minimum Gasteiger partial charge on any atom is -0.497 e. The smallest absolute Gasteiger partial charge is 0.299 e. The monoisotopic (exact) mass is 266 g/mol. The third-order valence-corrected chi connectivity index (χ3v) is 3.15. The molecule has 1 aromatic rings. The van der Waals surface area contributed by atoms with Crippen LogP contribution >= 0.6 is 0 Å². The summed E-state index contributed by atoms with van der Waals surface area (Å²) in [5.74, 6) is -2.63. The van der Waals surface area contributed by atoms with Crippen LogP contribution in [0.2, 0.25) is 0 Å². The van der Waals surface area contributed by atoms with E-state index in [1.54, 1.807) is 38.1 Å². The molecular weight excluding hydrogens is 248 g/mol. The van der Waals surface area contributed by atoms with Crippen LogP contribution in [0.1, 0.15) is 25.5 Å². The summed E-state index contributed by atoms with van der Waals surface area (Å²) in [6.07, 6.45) is 0. The molecule has 3 N–H and O–H groups in total. The molecule has 0 bridgehead atoms. The number of nitrogens with one attached hydrogen (secondary N) is 1. The first kappa shape index (κ1) is 13.8. The topological polar surface area (TPSA) is 82.0 Å². The summed E-state index contributed by atoms with van der Waals surface area (Å²) in [4.78, 5) is 11.9. The first-order chi connectivity index (χ1) is 8.87. The van der Waals surface area contributed by atoms with E-state index in [1.807, 2.05) is 0 Å². The van der Waals surface area contributed by atoms with Gasteiger partial charge in [0.05, 0.1) is 7.11 Å². The molecule has 0 aromatic heterocycles. The molecule has 1 aromatic carbocycles. The van der Waals surface area contributed by atoms with Gasteiger partial charge in [-0.1, -0.05) is 12.1 Å². The lowest BCUT2D eigenvalue weighted by Gasteiger charge is -2.21. The number of hydrogen-bond donors (Lipinski definition) is 3. The van der Waals surface area contributed by atoms with Crippen LogP contribution in [0.5, 0.6) is 5.75 Å². The first-order valence-corrected chi connectivity index (χ1v) is 6.06. The molecule has 6 nitrogen and oxygen atoms in total. The van der Waals surface area contributed by atoms with Crippen LogP contribution in [-0.2, 0) is 4.79 Å². The van der Waals surface area contributed by atoms with Gasteiger partial charge in [-0.05, 0) is 31.5 Å².